The molecule has 118 valence electrons. The lowest BCUT2D eigenvalue weighted by molar-refractivity contribution is -0.125. The molecule has 7 heteroatoms. The van der Waals surface area contributed by atoms with Gasteiger partial charge in [0, 0.05) is 0 Å². The van der Waals surface area contributed by atoms with Crippen molar-refractivity contribution in [3.8, 4) is 0 Å². The Bertz CT molecular complexity index is 452. The van der Waals surface area contributed by atoms with Gasteiger partial charge in [0.25, 0.3) is 5.91 Å². The highest BCUT2D eigenvalue weighted by molar-refractivity contribution is 6.07. The van der Waals surface area contributed by atoms with Gasteiger partial charge in [-0.2, -0.15) is 0 Å². The summed E-state index contributed by atoms with van der Waals surface area (Å²) >= 11 is 0. The van der Waals surface area contributed by atoms with Gasteiger partial charge >= 0.3 is 12.1 Å². The molecule has 0 aromatic heterocycles. The van der Waals surface area contributed by atoms with Crippen LogP contribution in [0.2, 0.25) is 0 Å². The summed E-state index contributed by atoms with van der Waals surface area (Å²) in [4.78, 5) is 35.5. The monoisotopic (exact) mass is 297 g/mol. The molecule has 0 spiro atoms. The van der Waals surface area contributed by atoms with Crippen LogP contribution in [-0.2, 0) is 9.53 Å². The zero-order valence-electron chi connectivity index (χ0n) is 12.7. The molecule has 1 atom stereocenters. The molecule has 7 nitrogen and oxygen atoms in total. The van der Waals surface area contributed by atoms with E-state index in [4.69, 9.17) is 4.74 Å². The summed E-state index contributed by atoms with van der Waals surface area (Å²) in [5.74, 6) is -0.325. The largest absolute Gasteiger partial charge is 0.444 e. The van der Waals surface area contributed by atoms with E-state index in [1.54, 1.807) is 20.8 Å². The number of amides is 4. The van der Waals surface area contributed by atoms with E-state index in [-0.39, 0.29) is 18.4 Å². The van der Waals surface area contributed by atoms with Crippen molar-refractivity contribution in [1.29, 1.82) is 0 Å². The van der Waals surface area contributed by atoms with E-state index in [0.29, 0.717) is 0 Å². The zero-order valence-corrected chi connectivity index (χ0v) is 12.7. The summed E-state index contributed by atoms with van der Waals surface area (Å²) in [6.07, 6.45) is 3.20. The predicted molar refractivity (Wildman–Crippen MR) is 75.6 cm³/mol. The van der Waals surface area contributed by atoms with Crippen LogP contribution in [0.5, 0.6) is 0 Å². The normalized spacial score (nSPS) is 26.4. The maximum absolute atomic E-state index is 12.2. The number of alkyl carbamates (subject to hydrolysis) is 1. The first-order chi connectivity index (χ1) is 9.73. The smallest absolute Gasteiger partial charge is 0.407 e. The zero-order chi connectivity index (χ0) is 15.7. The van der Waals surface area contributed by atoms with E-state index in [2.05, 4.69) is 16.0 Å². The van der Waals surface area contributed by atoms with Crippen LogP contribution >= 0.6 is 0 Å². The Balaban J connectivity index is 2.05. The van der Waals surface area contributed by atoms with Crippen LogP contribution in [0.25, 0.3) is 0 Å². The predicted octanol–water partition coefficient (Wildman–Crippen LogP) is 1.28. The van der Waals surface area contributed by atoms with Crippen LogP contribution in [-0.4, -0.2) is 35.7 Å². The van der Waals surface area contributed by atoms with Gasteiger partial charge in [-0.15, -0.1) is 0 Å². The number of imide groups is 1. The molecule has 0 unspecified atom stereocenters. The van der Waals surface area contributed by atoms with Gasteiger partial charge in [0.05, 0.1) is 6.54 Å². The Kier molecular flexibility index (Phi) is 4.11. The second-order valence-corrected chi connectivity index (χ2v) is 6.72. The summed E-state index contributed by atoms with van der Waals surface area (Å²) in [5.41, 5.74) is -1.66. The van der Waals surface area contributed by atoms with Gasteiger partial charge in [0.2, 0.25) is 0 Å². The molecule has 4 amide bonds. The Morgan fingerprint density at radius 1 is 1.33 bits per heavy atom. The number of nitrogens with one attached hydrogen (secondary N) is 3. The molecule has 0 aromatic rings. The van der Waals surface area contributed by atoms with E-state index >= 15 is 0 Å². The molecule has 2 aliphatic rings. The van der Waals surface area contributed by atoms with E-state index < -0.39 is 23.3 Å². The van der Waals surface area contributed by atoms with Crippen LogP contribution in [0.1, 0.15) is 46.5 Å². The summed E-state index contributed by atoms with van der Waals surface area (Å²) in [5, 5.41) is 7.60. The van der Waals surface area contributed by atoms with Gasteiger partial charge in [-0.3, -0.25) is 10.1 Å². The van der Waals surface area contributed by atoms with Crippen molar-refractivity contribution in [2.45, 2.75) is 57.6 Å². The quantitative estimate of drug-likeness (QED) is 0.684. The third kappa shape index (κ3) is 3.46. The number of hydrogen-bond acceptors (Lipinski definition) is 4. The Morgan fingerprint density at radius 3 is 2.43 bits per heavy atom. The number of hydrogen-bond donors (Lipinski definition) is 3. The van der Waals surface area contributed by atoms with Crippen LogP contribution < -0.4 is 16.0 Å². The SMILES string of the molecule is CC(C)(C)OC(=O)NC[C@@]1(C2CCCC2)NC(=O)NC1=O. The summed E-state index contributed by atoms with van der Waals surface area (Å²) in [7, 11) is 0. The number of urea groups is 1. The van der Waals surface area contributed by atoms with Crippen LogP contribution in [0.15, 0.2) is 0 Å². The lowest BCUT2D eigenvalue weighted by Crippen LogP contribution is -2.59. The van der Waals surface area contributed by atoms with Crippen molar-refractivity contribution < 1.29 is 19.1 Å². The first-order valence-corrected chi connectivity index (χ1v) is 7.33. The van der Waals surface area contributed by atoms with Crippen LogP contribution in [0, 0.1) is 5.92 Å². The molecule has 2 rings (SSSR count). The Morgan fingerprint density at radius 2 is 1.95 bits per heavy atom. The third-order valence-corrected chi connectivity index (χ3v) is 3.93. The maximum atomic E-state index is 12.2. The van der Waals surface area contributed by atoms with Gasteiger partial charge in [-0.05, 0) is 39.5 Å². The van der Waals surface area contributed by atoms with E-state index in [1.807, 2.05) is 0 Å². The first kappa shape index (κ1) is 15.6. The number of carbonyl (C=O) groups is 3. The molecule has 2 fully saturated rings. The molecule has 1 aliphatic carbocycles. The Hall–Kier alpha value is -1.79. The van der Waals surface area contributed by atoms with Gasteiger partial charge in [-0.25, -0.2) is 9.59 Å². The van der Waals surface area contributed by atoms with E-state index in [0.717, 1.165) is 25.7 Å². The van der Waals surface area contributed by atoms with Crippen molar-refractivity contribution in [2.24, 2.45) is 5.92 Å². The molecule has 1 aliphatic heterocycles. The number of rotatable bonds is 3. The van der Waals surface area contributed by atoms with Gasteiger partial charge < -0.3 is 15.4 Å². The lowest BCUT2D eigenvalue weighted by atomic mass is 9.82. The molecular formula is C14H23N3O4. The highest BCUT2D eigenvalue weighted by Crippen LogP contribution is 2.35. The van der Waals surface area contributed by atoms with Crippen LogP contribution in [0.3, 0.4) is 0 Å². The molecule has 21 heavy (non-hydrogen) atoms. The molecule has 0 aromatic carbocycles. The minimum Gasteiger partial charge on any atom is -0.444 e. The highest BCUT2D eigenvalue weighted by Gasteiger charge is 2.52. The molecule has 1 saturated carbocycles. The van der Waals surface area contributed by atoms with Crippen molar-refractivity contribution in [3.05, 3.63) is 0 Å². The van der Waals surface area contributed by atoms with Gasteiger partial charge in [0.1, 0.15) is 11.1 Å². The second-order valence-electron chi connectivity index (χ2n) is 6.72. The van der Waals surface area contributed by atoms with Crippen molar-refractivity contribution in [1.82, 2.24) is 16.0 Å². The fourth-order valence-corrected chi connectivity index (χ4v) is 3.01. The molecular weight excluding hydrogens is 274 g/mol. The topological polar surface area (TPSA) is 96.5 Å². The molecule has 0 radical (unpaired) electrons. The molecule has 1 saturated heterocycles. The third-order valence-electron chi connectivity index (χ3n) is 3.93. The number of carbonyl (C=O) groups excluding carboxylic acids is 3. The van der Waals surface area contributed by atoms with Crippen molar-refractivity contribution in [2.75, 3.05) is 6.54 Å². The molecule has 3 N–H and O–H groups in total. The standard InChI is InChI=1S/C14H23N3O4/c1-13(2,3)21-12(20)15-8-14(9-6-4-5-7-9)10(18)16-11(19)17-14/h9H,4-8H2,1-3H3,(H,15,20)(H2,16,17,18,19)/t14-/m0/s1. The van der Waals surface area contributed by atoms with Gasteiger partial charge in [0.15, 0.2) is 0 Å². The molecule has 0 bridgehead atoms. The minimum absolute atomic E-state index is 0.0406. The highest BCUT2D eigenvalue weighted by atomic mass is 16.6. The molecule has 1 heterocycles. The van der Waals surface area contributed by atoms with Crippen LogP contribution in [0.4, 0.5) is 9.59 Å². The van der Waals surface area contributed by atoms with Crippen molar-refractivity contribution >= 4 is 18.0 Å². The van der Waals surface area contributed by atoms with E-state index in [9.17, 15) is 14.4 Å². The summed E-state index contributed by atoms with van der Waals surface area (Å²) in [6.45, 7) is 5.35. The fraction of sp³-hybridized carbons (Fsp3) is 0.786. The second kappa shape index (κ2) is 5.54. The average molecular weight is 297 g/mol. The first-order valence-electron chi connectivity index (χ1n) is 7.33. The Labute approximate surface area is 124 Å². The minimum atomic E-state index is -1.05. The average Bonchev–Trinajstić information content (AvgIpc) is 2.93. The lowest BCUT2D eigenvalue weighted by Gasteiger charge is -2.32. The van der Waals surface area contributed by atoms with E-state index in [1.165, 1.54) is 0 Å². The maximum Gasteiger partial charge on any atom is 0.407 e. The number of ether oxygens (including phenoxy) is 1. The fourth-order valence-electron chi connectivity index (χ4n) is 3.01. The van der Waals surface area contributed by atoms with Gasteiger partial charge in [-0.1, -0.05) is 12.8 Å². The van der Waals surface area contributed by atoms with Crippen molar-refractivity contribution in [3.63, 3.8) is 0 Å². The summed E-state index contributed by atoms with van der Waals surface area (Å²) in [6, 6.07) is -0.502. The summed E-state index contributed by atoms with van der Waals surface area (Å²) < 4.78 is 5.17.